The first-order chi connectivity index (χ1) is 19.7. The van der Waals surface area contributed by atoms with Gasteiger partial charge in [0.05, 0.1) is 26.2 Å². The number of hydrogen-bond acceptors (Lipinski definition) is 6. The number of nitrogens with one attached hydrogen (secondary N) is 2. The van der Waals surface area contributed by atoms with Gasteiger partial charge in [-0.2, -0.15) is 0 Å². The van der Waals surface area contributed by atoms with Crippen LogP contribution in [0.3, 0.4) is 0 Å². The number of anilines is 2. The van der Waals surface area contributed by atoms with Crippen molar-refractivity contribution in [2.75, 3.05) is 44.5 Å². The molecule has 9 nitrogen and oxygen atoms in total. The summed E-state index contributed by atoms with van der Waals surface area (Å²) >= 11 is 0. The molecule has 1 aliphatic heterocycles. The molecule has 0 saturated carbocycles. The third kappa shape index (κ3) is 8.22. The molecule has 41 heavy (non-hydrogen) atoms. The molecule has 0 aliphatic carbocycles. The summed E-state index contributed by atoms with van der Waals surface area (Å²) in [5, 5.41) is 15.6. The van der Waals surface area contributed by atoms with E-state index < -0.39 is 0 Å². The average molecular weight is 561 g/mol. The summed E-state index contributed by atoms with van der Waals surface area (Å²) in [6.45, 7) is 5.60. The molecule has 3 atom stereocenters. The second-order valence-corrected chi connectivity index (χ2v) is 10.7. The van der Waals surface area contributed by atoms with Gasteiger partial charge in [-0.05, 0) is 62.0 Å². The van der Waals surface area contributed by atoms with Crippen molar-refractivity contribution in [3.8, 4) is 11.5 Å². The Hall–Kier alpha value is -4.08. The molecule has 0 bridgehead atoms. The molecule has 4 rings (SSSR count). The summed E-state index contributed by atoms with van der Waals surface area (Å²) in [5.74, 6) is 1.32. The fourth-order valence-electron chi connectivity index (χ4n) is 4.95. The molecule has 0 radical (unpaired) electrons. The number of likely N-dealkylation sites (N-methyl/N-ethyl adjacent to an activating group) is 1. The molecule has 3 N–H and O–H groups in total. The van der Waals surface area contributed by atoms with Gasteiger partial charge in [-0.1, -0.05) is 37.3 Å². The zero-order valence-corrected chi connectivity index (χ0v) is 24.2. The van der Waals surface area contributed by atoms with E-state index in [-0.39, 0.29) is 43.0 Å². The molecule has 9 heteroatoms. The van der Waals surface area contributed by atoms with Crippen LogP contribution in [-0.2, 0) is 17.8 Å². The van der Waals surface area contributed by atoms with Crippen LogP contribution in [0.4, 0.5) is 16.2 Å². The third-order valence-corrected chi connectivity index (χ3v) is 7.31. The Labute approximate surface area is 242 Å². The summed E-state index contributed by atoms with van der Waals surface area (Å²) in [4.78, 5) is 30.0. The Morgan fingerprint density at radius 3 is 2.49 bits per heavy atom. The van der Waals surface area contributed by atoms with Crippen LogP contribution >= 0.6 is 0 Å². The molecule has 0 fully saturated rings. The number of carbonyl (C=O) groups excluding carboxylic acids is 2. The number of aliphatic hydroxyl groups is 1. The van der Waals surface area contributed by atoms with Crippen LogP contribution < -0.4 is 20.1 Å². The average Bonchev–Trinajstić information content (AvgIpc) is 3.01. The Bertz CT molecular complexity index is 1300. The lowest BCUT2D eigenvalue weighted by atomic mass is 10.0. The van der Waals surface area contributed by atoms with Gasteiger partial charge >= 0.3 is 6.03 Å². The summed E-state index contributed by atoms with van der Waals surface area (Å²) in [6.07, 6.45) is -0.132. The van der Waals surface area contributed by atoms with Gasteiger partial charge in [0.15, 0.2) is 0 Å². The Morgan fingerprint density at radius 2 is 1.80 bits per heavy atom. The summed E-state index contributed by atoms with van der Waals surface area (Å²) in [5.41, 5.74) is 3.06. The van der Waals surface area contributed by atoms with E-state index in [4.69, 9.17) is 9.47 Å². The number of carbonyl (C=O) groups is 2. The monoisotopic (exact) mass is 560 g/mol. The number of para-hydroxylation sites is 1. The fraction of sp³-hybridized carbons (Fsp3) is 0.375. The number of urea groups is 1. The molecular formula is C32H40N4O5. The van der Waals surface area contributed by atoms with Crippen molar-refractivity contribution in [1.82, 2.24) is 9.80 Å². The molecule has 0 unspecified atom stereocenters. The number of amides is 3. The molecule has 1 heterocycles. The highest BCUT2D eigenvalue weighted by Gasteiger charge is 2.31. The Kier molecular flexibility index (Phi) is 10.2. The fourth-order valence-corrected chi connectivity index (χ4v) is 4.95. The first kappa shape index (κ1) is 29.9. The molecule has 0 saturated heterocycles. The molecule has 0 spiro atoms. The van der Waals surface area contributed by atoms with Gasteiger partial charge < -0.3 is 30.1 Å². The van der Waals surface area contributed by atoms with E-state index in [1.54, 1.807) is 36.3 Å². The molecule has 3 aromatic rings. The summed E-state index contributed by atoms with van der Waals surface area (Å²) in [7, 11) is 3.70. The SMILES string of the molecule is COc1ccc(CN(C)C[C@@H]2Oc3ccc(NC(=O)Nc4ccccc4)cc3CC(=O)N([C@@H](C)CO)C[C@@H]2C)cc1. The van der Waals surface area contributed by atoms with E-state index in [2.05, 4.69) is 22.5 Å². The minimum absolute atomic E-state index is 0.00771. The molecule has 0 aromatic heterocycles. The van der Waals surface area contributed by atoms with Crippen molar-refractivity contribution in [2.24, 2.45) is 5.92 Å². The minimum Gasteiger partial charge on any atom is -0.497 e. The third-order valence-electron chi connectivity index (χ3n) is 7.31. The van der Waals surface area contributed by atoms with Gasteiger partial charge in [-0.15, -0.1) is 0 Å². The summed E-state index contributed by atoms with van der Waals surface area (Å²) < 4.78 is 11.9. The number of benzene rings is 3. The van der Waals surface area contributed by atoms with Crippen LogP contribution in [0.25, 0.3) is 0 Å². The maximum Gasteiger partial charge on any atom is 0.323 e. The largest absolute Gasteiger partial charge is 0.497 e. The number of fused-ring (bicyclic) bond motifs is 1. The van der Waals surface area contributed by atoms with Crippen molar-refractivity contribution in [3.05, 3.63) is 83.9 Å². The van der Waals surface area contributed by atoms with E-state index in [0.717, 1.165) is 17.9 Å². The van der Waals surface area contributed by atoms with E-state index >= 15 is 0 Å². The van der Waals surface area contributed by atoms with Crippen LogP contribution in [0.15, 0.2) is 72.8 Å². The van der Waals surface area contributed by atoms with Gasteiger partial charge in [0, 0.05) is 42.5 Å². The van der Waals surface area contributed by atoms with Crippen molar-refractivity contribution in [2.45, 2.75) is 39.0 Å². The van der Waals surface area contributed by atoms with E-state index in [0.29, 0.717) is 35.8 Å². The standard InChI is InChI=1S/C32H40N4O5/c1-22-18-36(23(2)21-37)31(38)17-25-16-27(34-32(39)33-26-8-6-5-7-9-26)12-15-29(25)41-30(22)20-35(3)19-24-10-13-28(40-4)14-11-24/h5-16,22-23,30,37H,17-21H2,1-4H3,(H2,33,34,39)/t22-,23-,30-/m0/s1. The predicted octanol–water partition coefficient (Wildman–Crippen LogP) is 4.62. The first-order valence-electron chi connectivity index (χ1n) is 13.9. The smallest absolute Gasteiger partial charge is 0.323 e. The maximum absolute atomic E-state index is 13.5. The zero-order chi connectivity index (χ0) is 29.4. The van der Waals surface area contributed by atoms with Crippen LogP contribution in [0.5, 0.6) is 11.5 Å². The number of methoxy groups -OCH3 is 1. The van der Waals surface area contributed by atoms with E-state index in [1.165, 1.54) is 0 Å². The van der Waals surface area contributed by atoms with Crippen LogP contribution in [-0.4, -0.2) is 72.8 Å². The molecule has 3 amide bonds. The highest BCUT2D eigenvalue weighted by Crippen LogP contribution is 2.29. The molecular weight excluding hydrogens is 520 g/mol. The summed E-state index contributed by atoms with van der Waals surface area (Å²) in [6, 6.07) is 21.8. The Balaban J connectivity index is 1.55. The Morgan fingerprint density at radius 1 is 1.10 bits per heavy atom. The number of rotatable bonds is 9. The predicted molar refractivity (Wildman–Crippen MR) is 160 cm³/mol. The quantitative estimate of drug-likeness (QED) is 0.353. The number of aliphatic hydroxyl groups excluding tert-OH is 1. The minimum atomic E-state index is -0.381. The van der Waals surface area contributed by atoms with Gasteiger partial charge in [0.2, 0.25) is 5.91 Å². The first-order valence-corrected chi connectivity index (χ1v) is 13.9. The highest BCUT2D eigenvalue weighted by molar-refractivity contribution is 5.99. The maximum atomic E-state index is 13.5. The number of ether oxygens (including phenoxy) is 2. The van der Waals surface area contributed by atoms with Gasteiger partial charge in [0.1, 0.15) is 17.6 Å². The van der Waals surface area contributed by atoms with Gasteiger partial charge in [-0.3, -0.25) is 9.69 Å². The van der Waals surface area contributed by atoms with Gasteiger partial charge in [-0.25, -0.2) is 4.79 Å². The lowest BCUT2D eigenvalue weighted by Crippen LogP contribution is -2.47. The number of nitrogens with zero attached hydrogens (tertiary/aromatic N) is 2. The zero-order valence-electron chi connectivity index (χ0n) is 24.2. The van der Waals surface area contributed by atoms with Crippen molar-refractivity contribution in [3.63, 3.8) is 0 Å². The highest BCUT2D eigenvalue weighted by atomic mass is 16.5. The lowest BCUT2D eigenvalue weighted by molar-refractivity contribution is -0.134. The van der Waals surface area contributed by atoms with Gasteiger partial charge in [0.25, 0.3) is 0 Å². The van der Waals surface area contributed by atoms with Crippen LogP contribution in [0, 0.1) is 5.92 Å². The second-order valence-electron chi connectivity index (χ2n) is 10.7. The van der Waals surface area contributed by atoms with E-state index in [9.17, 15) is 14.7 Å². The topological polar surface area (TPSA) is 103 Å². The number of hydrogen-bond donors (Lipinski definition) is 3. The van der Waals surface area contributed by atoms with Crippen molar-refractivity contribution < 1.29 is 24.2 Å². The van der Waals surface area contributed by atoms with E-state index in [1.807, 2.05) is 62.5 Å². The normalized spacial score (nSPS) is 17.9. The second kappa shape index (κ2) is 14.0. The molecule has 218 valence electrons. The van der Waals surface area contributed by atoms with Crippen LogP contribution in [0.2, 0.25) is 0 Å². The van der Waals surface area contributed by atoms with Crippen molar-refractivity contribution >= 4 is 23.3 Å². The molecule has 3 aromatic carbocycles. The molecule has 1 aliphatic rings. The lowest BCUT2D eigenvalue weighted by Gasteiger charge is -2.34. The van der Waals surface area contributed by atoms with Crippen molar-refractivity contribution in [1.29, 1.82) is 0 Å². The van der Waals surface area contributed by atoms with Crippen LogP contribution in [0.1, 0.15) is 25.0 Å².